The number of phenolic OH excluding ortho intramolecular Hbond substituents is 1. The Morgan fingerprint density at radius 2 is 1.65 bits per heavy atom. The SMILES string of the molecule is COc1ccc(O)c(C[NH+]2CC[NH+](Cc3ccc([N+](=O)[O-])cc3)CC2)c1. The topological polar surface area (TPSA) is 81.5 Å². The van der Waals surface area contributed by atoms with Crippen LogP contribution in [0.2, 0.25) is 0 Å². The highest BCUT2D eigenvalue weighted by molar-refractivity contribution is 5.38. The summed E-state index contributed by atoms with van der Waals surface area (Å²) in [5.41, 5.74) is 2.17. The lowest BCUT2D eigenvalue weighted by atomic mass is 10.1. The van der Waals surface area contributed by atoms with Gasteiger partial charge in [0.1, 0.15) is 50.8 Å². The molecule has 0 spiro atoms. The number of phenols is 1. The zero-order valence-electron chi connectivity index (χ0n) is 14.9. The molecule has 3 N–H and O–H groups in total. The molecule has 7 heteroatoms. The van der Waals surface area contributed by atoms with Crippen molar-refractivity contribution in [1.29, 1.82) is 0 Å². The van der Waals surface area contributed by atoms with E-state index in [1.807, 2.05) is 18.2 Å². The lowest BCUT2D eigenvalue weighted by Gasteiger charge is -2.30. The molecule has 0 aliphatic carbocycles. The molecule has 0 atom stereocenters. The van der Waals surface area contributed by atoms with Gasteiger partial charge in [-0.2, -0.15) is 0 Å². The Hall–Kier alpha value is -2.64. The van der Waals surface area contributed by atoms with Gasteiger partial charge in [-0.05, 0) is 30.3 Å². The van der Waals surface area contributed by atoms with Crippen molar-refractivity contribution in [1.82, 2.24) is 0 Å². The summed E-state index contributed by atoms with van der Waals surface area (Å²) in [5, 5.41) is 20.8. The van der Waals surface area contributed by atoms with Gasteiger partial charge in [-0.3, -0.25) is 10.1 Å². The molecular weight excluding hydrogens is 334 g/mol. The number of nitro benzene ring substituents is 1. The number of methoxy groups -OCH3 is 1. The molecule has 138 valence electrons. The minimum atomic E-state index is -0.368. The van der Waals surface area contributed by atoms with Crippen LogP contribution in [0.15, 0.2) is 42.5 Å². The third kappa shape index (κ3) is 4.50. The Bertz CT molecular complexity index is 756. The van der Waals surface area contributed by atoms with Crippen molar-refractivity contribution in [2.24, 2.45) is 0 Å². The molecule has 2 aromatic rings. The molecule has 1 fully saturated rings. The summed E-state index contributed by atoms with van der Waals surface area (Å²) in [6, 6.07) is 12.2. The average Bonchev–Trinajstić information content (AvgIpc) is 2.65. The molecule has 0 bridgehead atoms. The third-order valence-corrected chi connectivity index (χ3v) is 4.99. The zero-order chi connectivity index (χ0) is 18.5. The summed E-state index contributed by atoms with van der Waals surface area (Å²) in [5.74, 6) is 1.08. The van der Waals surface area contributed by atoms with Gasteiger partial charge in [0.2, 0.25) is 0 Å². The van der Waals surface area contributed by atoms with E-state index in [0.29, 0.717) is 5.75 Å². The van der Waals surface area contributed by atoms with Crippen molar-refractivity contribution in [2.75, 3.05) is 33.3 Å². The van der Waals surface area contributed by atoms with E-state index in [0.717, 1.165) is 56.1 Å². The predicted molar refractivity (Wildman–Crippen MR) is 96.6 cm³/mol. The average molecular weight is 359 g/mol. The van der Waals surface area contributed by atoms with Crippen LogP contribution in [0.25, 0.3) is 0 Å². The number of nitrogens with zero attached hydrogens (tertiary/aromatic N) is 1. The first-order chi connectivity index (χ1) is 12.5. The fourth-order valence-electron chi connectivity index (χ4n) is 3.43. The van der Waals surface area contributed by atoms with Crippen LogP contribution < -0.4 is 14.5 Å². The van der Waals surface area contributed by atoms with Gasteiger partial charge in [-0.1, -0.05) is 0 Å². The van der Waals surface area contributed by atoms with Crippen LogP contribution in [-0.4, -0.2) is 43.3 Å². The van der Waals surface area contributed by atoms with Crippen LogP contribution in [-0.2, 0) is 13.1 Å². The van der Waals surface area contributed by atoms with Crippen molar-refractivity contribution in [3.8, 4) is 11.5 Å². The summed E-state index contributed by atoms with van der Waals surface area (Å²) in [4.78, 5) is 13.3. The minimum absolute atomic E-state index is 0.135. The first-order valence-corrected chi connectivity index (χ1v) is 8.81. The summed E-state index contributed by atoms with van der Waals surface area (Å²) in [6.07, 6.45) is 0. The minimum Gasteiger partial charge on any atom is -0.507 e. The molecule has 1 aliphatic rings. The van der Waals surface area contributed by atoms with Crippen LogP contribution in [0.4, 0.5) is 5.69 Å². The third-order valence-electron chi connectivity index (χ3n) is 4.99. The Labute approximate surface area is 152 Å². The van der Waals surface area contributed by atoms with Crippen LogP contribution >= 0.6 is 0 Å². The van der Waals surface area contributed by atoms with Crippen molar-refractivity contribution in [3.63, 3.8) is 0 Å². The molecule has 0 amide bonds. The molecule has 26 heavy (non-hydrogen) atoms. The molecular formula is C19H25N3O4+2. The number of aromatic hydroxyl groups is 1. The Balaban J connectivity index is 1.52. The Morgan fingerprint density at radius 1 is 1.04 bits per heavy atom. The highest BCUT2D eigenvalue weighted by Gasteiger charge is 2.24. The highest BCUT2D eigenvalue weighted by atomic mass is 16.6. The van der Waals surface area contributed by atoms with E-state index in [1.54, 1.807) is 31.4 Å². The number of rotatable bonds is 6. The summed E-state index contributed by atoms with van der Waals surface area (Å²) in [7, 11) is 1.63. The van der Waals surface area contributed by atoms with Crippen LogP contribution in [0.3, 0.4) is 0 Å². The van der Waals surface area contributed by atoms with Crippen molar-refractivity contribution < 1.29 is 24.6 Å². The number of nitrogens with one attached hydrogen (secondary N) is 2. The second kappa shape index (κ2) is 8.16. The number of hydrogen-bond acceptors (Lipinski definition) is 4. The van der Waals surface area contributed by atoms with Crippen molar-refractivity contribution >= 4 is 5.69 Å². The molecule has 2 aromatic carbocycles. The van der Waals surface area contributed by atoms with Gasteiger partial charge in [0, 0.05) is 17.7 Å². The fourth-order valence-corrected chi connectivity index (χ4v) is 3.43. The number of quaternary nitrogens is 2. The molecule has 1 saturated heterocycles. The maximum Gasteiger partial charge on any atom is 0.269 e. The largest absolute Gasteiger partial charge is 0.507 e. The number of benzene rings is 2. The van der Waals surface area contributed by atoms with Crippen LogP contribution in [0.1, 0.15) is 11.1 Å². The van der Waals surface area contributed by atoms with E-state index in [4.69, 9.17) is 4.74 Å². The van der Waals surface area contributed by atoms with Crippen molar-refractivity contribution in [2.45, 2.75) is 13.1 Å². The highest BCUT2D eigenvalue weighted by Crippen LogP contribution is 2.21. The number of non-ortho nitro benzene ring substituents is 1. The van der Waals surface area contributed by atoms with Gasteiger partial charge in [0.05, 0.1) is 17.6 Å². The van der Waals surface area contributed by atoms with E-state index < -0.39 is 0 Å². The fraction of sp³-hybridized carbons (Fsp3) is 0.368. The smallest absolute Gasteiger partial charge is 0.269 e. The molecule has 0 radical (unpaired) electrons. The van der Waals surface area contributed by atoms with Crippen LogP contribution in [0.5, 0.6) is 11.5 Å². The second-order valence-electron chi connectivity index (χ2n) is 6.77. The number of ether oxygens (including phenoxy) is 1. The van der Waals surface area contributed by atoms with E-state index in [1.165, 1.54) is 9.80 Å². The summed E-state index contributed by atoms with van der Waals surface area (Å²) < 4.78 is 5.24. The number of nitro groups is 1. The Morgan fingerprint density at radius 3 is 2.23 bits per heavy atom. The van der Waals surface area contributed by atoms with Gasteiger partial charge in [-0.15, -0.1) is 0 Å². The lowest BCUT2D eigenvalue weighted by Crippen LogP contribution is -3.27. The molecule has 0 aromatic heterocycles. The predicted octanol–water partition coefficient (Wildman–Crippen LogP) is -0.207. The number of hydrogen-bond donors (Lipinski definition) is 3. The standard InChI is InChI=1S/C19H23N3O4/c1-26-18-6-7-19(23)16(12-18)14-21-10-8-20(9-11-21)13-15-2-4-17(5-3-15)22(24)25/h2-7,12,23H,8-11,13-14H2,1H3/p+2. The maximum atomic E-state index is 10.7. The monoisotopic (exact) mass is 359 g/mol. The van der Waals surface area contributed by atoms with E-state index in [9.17, 15) is 15.2 Å². The van der Waals surface area contributed by atoms with Gasteiger partial charge in [0.15, 0.2) is 0 Å². The van der Waals surface area contributed by atoms with E-state index >= 15 is 0 Å². The molecule has 0 unspecified atom stereocenters. The van der Waals surface area contributed by atoms with Crippen molar-refractivity contribution in [3.05, 3.63) is 63.7 Å². The maximum absolute atomic E-state index is 10.7. The number of piperazine rings is 1. The molecule has 3 rings (SSSR count). The van der Waals surface area contributed by atoms with Gasteiger partial charge >= 0.3 is 0 Å². The van der Waals surface area contributed by atoms with E-state index in [-0.39, 0.29) is 10.6 Å². The molecule has 7 nitrogen and oxygen atoms in total. The van der Waals surface area contributed by atoms with Gasteiger partial charge in [-0.25, -0.2) is 0 Å². The van der Waals surface area contributed by atoms with Crippen LogP contribution in [0, 0.1) is 10.1 Å². The quantitative estimate of drug-likeness (QED) is 0.493. The molecule has 0 saturated carbocycles. The molecule has 1 heterocycles. The Kier molecular flexibility index (Phi) is 5.70. The normalized spacial score (nSPS) is 19.9. The van der Waals surface area contributed by atoms with E-state index in [2.05, 4.69) is 0 Å². The first kappa shape index (κ1) is 18.2. The lowest BCUT2D eigenvalue weighted by molar-refractivity contribution is -1.02. The van der Waals surface area contributed by atoms with Gasteiger partial charge < -0.3 is 19.6 Å². The zero-order valence-corrected chi connectivity index (χ0v) is 14.9. The summed E-state index contributed by atoms with van der Waals surface area (Å²) >= 11 is 0. The second-order valence-corrected chi connectivity index (χ2v) is 6.77. The van der Waals surface area contributed by atoms with Gasteiger partial charge in [0.25, 0.3) is 5.69 Å². The molecule has 1 aliphatic heterocycles. The summed E-state index contributed by atoms with van der Waals surface area (Å²) in [6.45, 7) is 5.80. The first-order valence-electron chi connectivity index (χ1n) is 8.81.